The molecule has 2 fully saturated rings. The SMILES string of the molecule is C=CC1CCC(N2CCN(CCCCCCC(C)C)CC2)CC1. The van der Waals surface area contributed by atoms with Crippen LogP contribution in [-0.4, -0.2) is 48.6 Å². The molecule has 0 N–H and O–H groups in total. The number of hydrogen-bond acceptors (Lipinski definition) is 2. The van der Waals surface area contributed by atoms with Gasteiger partial charge in [0.05, 0.1) is 0 Å². The molecule has 0 radical (unpaired) electrons. The van der Waals surface area contributed by atoms with Gasteiger partial charge < -0.3 is 4.90 Å². The lowest BCUT2D eigenvalue weighted by Crippen LogP contribution is -2.51. The third kappa shape index (κ3) is 6.97. The lowest BCUT2D eigenvalue weighted by molar-refractivity contribution is 0.0734. The second-order valence-corrected chi connectivity index (χ2v) is 8.28. The Morgan fingerprint density at radius 3 is 2.17 bits per heavy atom. The zero-order valence-corrected chi connectivity index (χ0v) is 15.8. The van der Waals surface area contributed by atoms with Gasteiger partial charge in [0.2, 0.25) is 0 Å². The van der Waals surface area contributed by atoms with E-state index >= 15 is 0 Å². The fraction of sp³-hybridized carbons (Fsp3) is 0.905. The van der Waals surface area contributed by atoms with Gasteiger partial charge in [0.1, 0.15) is 0 Å². The van der Waals surface area contributed by atoms with Gasteiger partial charge in [0, 0.05) is 32.2 Å². The molecular formula is C21H40N2. The van der Waals surface area contributed by atoms with Gasteiger partial charge in [-0.1, -0.05) is 45.6 Å². The van der Waals surface area contributed by atoms with E-state index in [9.17, 15) is 0 Å². The average molecular weight is 321 g/mol. The molecule has 0 unspecified atom stereocenters. The molecule has 2 nitrogen and oxygen atoms in total. The maximum absolute atomic E-state index is 3.97. The molecule has 0 atom stereocenters. The van der Waals surface area contributed by atoms with E-state index in [1.165, 1.54) is 90.5 Å². The van der Waals surface area contributed by atoms with Crippen LogP contribution in [0.3, 0.4) is 0 Å². The number of nitrogens with zero attached hydrogens (tertiary/aromatic N) is 2. The maximum atomic E-state index is 3.97. The lowest BCUT2D eigenvalue weighted by atomic mass is 9.85. The van der Waals surface area contributed by atoms with Crippen molar-refractivity contribution in [1.29, 1.82) is 0 Å². The van der Waals surface area contributed by atoms with Crippen LogP contribution in [0.4, 0.5) is 0 Å². The Hall–Kier alpha value is -0.340. The molecule has 0 aromatic rings. The molecule has 1 saturated heterocycles. The summed E-state index contributed by atoms with van der Waals surface area (Å²) in [6, 6.07) is 0.865. The smallest absolute Gasteiger partial charge is 0.0113 e. The van der Waals surface area contributed by atoms with E-state index in [0.29, 0.717) is 0 Å². The van der Waals surface area contributed by atoms with Crippen molar-refractivity contribution in [3.05, 3.63) is 12.7 Å². The van der Waals surface area contributed by atoms with E-state index in [1.807, 2.05) is 0 Å². The summed E-state index contributed by atoms with van der Waals surface area (Å²) in [4.78, 5) is 5.48. The predicted molar refractivity (Wildman–Crippen MR) is 102 cm³/mol. The van der Waals surface area contributed by atoms with Crippen molar-refractivity contribution in [2.24, 2.45) is 11.8 Å². The van der Waals surface area contributed by atoms with Crippen molar-refractivity contribution in [2.45, 2.75) is 77.7 Å². The second-order valence-electron chi connectivity index (χ2n) is 8.28. The maximum Gasteiger partial charge on any atom is 0.0113 e. The van der Waals surface area contributed by atoms with Crippen LogP contribution in [-0.2, 0) is 0 Å². The molecule has 0 aromatic heterocycles. The third-order valence-electron chi connectivity index (χ3n) is 6.00. The van der Waals surface area contributed by atoms with E-state index in [0.717, 1.165) is 17.9 Å². The standard InChI is InChI=1S/C21H40N2/c1-4-20-10-12-21(13-11-20)23-17-15-22(16-18-23)14-8-6-5-7-9-19(2)3/h4,19-21H,1,5-18H2,2-3H3. The molecule has 134 valence electrons. The molecule has 1 aliphatic heterocycles. The quantitative estimate of drug-likeness (QED) is 0.438. The Kier molecular flexibility index (Phi) is 8.68. The topological polar surface area (TPSA) is 6.48 Å². The zero-order chi connectivity index (χ0) is 16.5. The summed E-state index contributed by atoms with van der Waals surface area (Å²) in [5.74, 6) is 1.67. The van der Waals surface area contributed by atoms with Crippen LogP contribution in [0.5, 0.6) is 0 Å². The van der Waals surface area contributed by atoms with Gasteiger partial charge >= 0.3 is 0 Å². The predicted octanol–water partition coefficient (Wildman–Crippen LogP) is 4.96. The van der Waals surface area contributed by atoms with E-state index in [2.05, 4.69) is 36.3 Å². The van der Waals surface area contributed by atoms with Crippen LogP contribution < -0.4 is 0 Å². The van der Waals surface area contributed by atoms with Crippen LogP contribution in [0.2, 0.25) is 0 Å². The second kappa shape index (κ2) is 10.5. The van der Waals surface area contributed by atoms with E-state index in [1.54, 1.807) is 0 Å². The Balaban J connectivity index is 1.51. The van der Waals surface area contributed by atoms with Crippen LogP contribution in [0.15, 0.2) is 12.7 Å². The number of allylic oxidation sites excluding steroid dienone is 1. The minimum atomic E-state index is 0.795. The first-order valence-corrected chi connectivity index (χ1v) is 10.3. The molecule has 23 heavy (non-hydrogen) atoms. The molecule has 2 heteroatoms. The van der Waals surface area contributed by atoms with Crippen molar-refractivity contribution >= 4 is 0 Å². The fourth-order valence-corrected chi connectivity index (χ4v) is 4.30. The van der Waals surface area contributed by atoms with Crippen molar-refractivity contribution in [3.63, 3.8) is 0 Å². The summed E-state index contributed by atoms with van der Waals surface area (Å²) < 4.78 is 0. The molecular weight excluding hydrogens is 280 g/mol. The molecule has 1 aliphatic carbocycles. The van der Waals surface area contributed by atoms with Gasteiger partial charge in [-0.3, -0.25) is 4.90 Å². The Bertz CT molecular complexity index is 310. The molecule has 0 amide bonds. The number of hydrogen-bond donors (Lipinski definition) is 0. The largest absolute Gasteiger partial charge is 0.301 e. The van der Waals surface area contributed by atoms with Gasteiger partial charge in [-0.15, -0.1) is 6.58 Å². The summed E-state index contributed by atoms with van der Waals surface area (Å²) in [7, 11) is 0. The van der Waals surface area contributed by atoms with Gasteiger partial charge in [-0.2, -0.15) is 0 Å². The highest BCUT2D eigenvalue weighted by molar-refractivity contribution is 4.88. The third-order valence-corrected chi connectivity index (χ3v) is 6.00. The van der Waals surface area contributed by atoms with Gasteiger partial charge in [0.15, 0.2) is 0 Å². The first kappa shape index (κ1) is 19.0. The molecule has 1 saturated carbocycles. The number of piperazine rings is 1. The molecule has 2 rings (SSSR count). The van der Waals surface area contributed by atoms with E-state index in [4.69, 9.17) is 0 Å². The van der Waals surface area contributed by atoms with Crippen LogP contribution >= 0.6 is 0 Å². The number of unbranched alkanes of at least 4 members (excludes halogenated alkanes) is 3. The summed E-state index contributed by atoms with van der Waals surface area (Å²) in [6.45, 7) is 15.2. The van der Waals surface area contributed by atoms with E-state index < -0.39 is 0 Å². The monoisotopic (exact) mass is 320 g/mol. The van der Waals surface area contributed by atoms with Crippen LogP contribution in [0, 0.1) is 11.8 Å². The molecule has 0 aromatic carbocycles. The first-order chi connectivity index (χ1) is 11.2. The average Bonchev–Trinajstić information content (AvgIpc) is 2.58. The Morgan fingerprint density at radius 2 is 1.57 bits per heavy atom. The molecule has 1 heterocycles. The van der Waals surface area contributed by atoms with Gasteiger partial charge in [-0.05, 0) is 50.5 Å². The highest BCUT2D eigenvalue weighted by atomic mass is 15.3. The summed E-state index contributed by atoms with van der Waals surface area (Å²) in [5.41, 5.74) is 0. The first-order valence-electron chi connectivity index (χ1n) is 10.3. The van der Waals surface area contributed by atoms with Crippen molar-refractivity contribution in [2.75, 3.05) is 32.7 Å². The van der Waals surface area contributed by atoms with Gasteiger partial charge in [0.25, 0.3) is 0 Å². The molecule has 2 aliphatic rings. The minimum absolute atomic E-state index is 0.795. The summed E-state index contributed by atoms with van der Waals surface area (Å²) in [5, 5.41) is 0. The minimum Gasteiger partial charge on any atom is -0.301 e. The van der Waals surface area contributed by atoms with Crippen molar-refractivity contribution < 1.29 is 0 Å². The van der Waals surface area contributed by atoms with E-state index in [-0.39, 0.29) is 0 Å². The molecule has 0 bridgehead atoms. The van der Waals surface area contributed by atoms with Crippen LogP contribution in [0.25, 0.3) is 0 Å². The fourth-order valence-electron chi connectivity index (χ4n) is 4.30. The van der Waals surface area contributed by atoms with Crippen molar-refractivity contribution in [3.8, 4) is 0 Å². The highest BCUT2D eigenvalue weighted by Gasteiger charge is 2.27. The lowest BCUT2D eigenvalue weighted by Gasteiger charge is -2.41. The van der Waals surface area contributed by atoms with Crippen molar-refractivity contribution in [1.82, 2.24) is 9.80 Å². The number of rotatable bonds is 9. The molecule has 0 spiro atoms. The Morgan fingerprint density at radius 1 is 0.913 bits per heavy atom. The Labute approximate surface area is 145 Å². The van der Waals surface area contributed by atoms with Gasteiger partial charge in [-0.25, -0.2) is 0 Å². The summed E-state index contributed by atoms with van der Waals surface area (Å²) >= 11 is 0. The highest BCUT2D eigenvalue weighted by Crippen LogP contribution is 2.28. The van der Waals surface area contributed by atoms with Crippen LogP contribution in [0.1, 0.15) is 71.6 Å². The normalized spacial score (nSPS) is 27.4. The summed E-state index contributed by atoms with van der Waals surface area (Å²) in [6.07, 6.45) is 14.8. The zero-order valence-electron chi connectivity index (χ0n) is 15.8.